The summed E-state index contributed by atoms with van der Waals surface area (Å²) in [7, 11) is 1.59. The van der Waals surface area contributed by atoms with Gasteiger partial charge in [-0.2, -0.15) is 0 Å². The largest absolute Gasteiger partial charge is 0.496 e. The fraction of sp³-hybridized carbons (Fsp3) is 0.500. The van der Waals surface area contributed by atoms with Crippen molar-refractivity contribution >= 4 is 5.78 Å². The van der Waals surface area contributed by atoms with Gasteiger partial charge in [-0.15, -0.1) is 0 Å². The zero-order valence-electron chi connectivity index (χ0n) is 10.7. The number of ketones is 1. The van der Waals surface area contributed by atoms with Gasteiger partial charge >= 0.3 is 0 Å². The highest BCUT2D eigenvalue weighted by Gasteiger charge is 2.16. The molecule has 0 bridgehead atoms. The van der Waals surface area contributed by atoms with E-state index < -0.39 is 0 Å². The molecule has 0 radical (unpaired) electrons. The highest BCUT2D eigenvalue weighted by atomic mass is 16.5. The smallest absolute Gasteiger partial charge is 0.180 e. The predicted molar refractivity (Wildman–Crippen MR) is 69.2 cm³/mol. The van der Waals surface area contributed by atoms with Gasteiger partial charge in [-0.3, -0.25) is 9.69 Å². The van der Waals surface area contributed by atoms with Gasteiger partial charge in [0.2, 0.25) is 0 Å². The van der Waals surface area contributed by atoms with Crippen LogP contribution < -0.4 is 4.74 Å². The zero-order chi connectivity index (χ0) is 12.8. The van der Waals surface area contributed by atoms with Crippen molar-refractivity contribution in [3.8, 4) is 5.75 Å². The van der Waals surface area contributed by atoms with E-state index in [2.05, 4.69) is 4.90 Å². The molecule has 4 nitrogen and oxygen atoms in total. The second kappa shape index (κ2) is 6.52. The molecule has 1 aliphatic rings. The minimum Gasteiger partial charge on any atom is -0.496 e. The van der Waals surface area contributed by atoms with Crippen LogP contribution in [0.15, 0.2) is 24.3 Å². The van der Waals surface area contributed by atoms with E-state index in [0.717, 1.165) is 26.1 Å². The molecule has 1 fully saturated rings. The molecule has 1 saturated heterocycles. The van der Waals surface area contributed by atoms with E-state index >= 15 is 0 Å². The van der Waals surface area contributed by atoms with Crippen LogP contribution in [0.4, 0.5) is 0 Å². The van der Waals surface area contributed by atoms with E-state index in [1.807, 2.05) is 24.3 Å². The third-order valence-electron chi connectivity index (χ3n) is 3.09. The number of hydrogen-bond acceptors (Lipinski definition) is 4. The molecule has 0 saturated carbocycles. The lowest BCUT2D eigenvalue weighted by molar-refractivity contribution is 0.0919. The molecule has 4 heteroatoms. The second-order valence-corrected chi connectivity index (χ2v) is 4.37. The van der Waals surface area contributed by atoms with Crippen LogP contribution in [0.5, 0.6) is 5.75 Å². The Morgan fingerprint density at radius 2 is 2.17 bits per heavy atom. The lowest BCUT2D eigenvalue weighted by Crippen LogP contribution is -2.32. The Labute approximate surface area is 107 Å². The predicted octanol–water partition coefficient (Wildman–Crippen LogP) is 1.60. The van der Waals surface area contributed by atoms with Gasteiger partial charge in [-0.25, -0.2) is 0 Å². The topological polar surface area (TPSA) is 38.8 Å². The van der Waals surface area contributed by atoms with Crippen molar-refractivity contribution in [2.24, 2.45) is 0 Å². The van der Waals surface area contributed by atoms with Crippen LogP contribution in [-0.4, -0.2) is 50.6 Å². The summed E-state index contributed by atoms with van der Waals surface area (Å²) >= 11 is 0. The summed E-state index contributed by atoms with van der Waals surface area (Å²) in [6.07, 6.45) is 0.985. The minimum absolute atomic E-state index is 0.106. The van der Waals surface area contributed by atoms with Crippen molar-refractivity contribution in [3.63, 3.8) is 0 Å². The van der Waals surface area contributed by atoms with Crippen molar-refractivity contribution in [1.82, 2.24) is 4.90 Å². The van der Waals surface area contributed by atoms with Crippen LogP contribution in [0.2, 0.25) is 0 Å². The maximum atomic E-state index is 12.2. The Balaban J connectivity index is 2.02. The molecule has 0 aromatic heterocycles. The van der Waals surface area contributed by atoms with E-state index in [-0.39, 0.29) is 5.78 Å². The molecule has 1 heterocycles. The number of carbonyl (C=O) groups is 1. The number of nitrogens with zero attached hydrogens (tertiary/aromatic N) is 1. The SMILES string of the molecule is COc1ccccc1C(=O)CN1CCCOCC1. The minimum atomic E-state index is 0.106. The molecule has 1 aromatic carbocycles. The lowest BCUT2D eigenvalue weighted by atomic mass is 10.1. The molecule has 0 atom stereocenters. The van der Waals surface area contributed by atoms with Crippen LogP contribution in [0.25, 0.3) is 0 Å². The van der Waals surface area contributed by atoms with Crippen LogP contribution in [0.1, 0.15) is 16.8 Å². The maximum absolute atomic E-state index is 12.2. The Kier molecular flexibility index (Phi) is 4.73. The number of benzene rings is 1. The fourth-order valence-corrected chi connectivity index (χ4v) is 2.12. The van der Waals surface area contributed by atoms with E-state index in [9.17, 15) is 4.79 Å². The average molecular weight is 249 g/mol. The van der Waals surface area contributed by atoms with Gasteiger partial charge in [-0.05, 0) is 18.6 Å². The molecule has 0 aliphatic carbocycles. The standard InChI is InChI=1S/C14H19NO3/c1-17-14-6-3-2-5-12(14)13(16)11-15-7-4-9-18-10-8-15/h2-3,5-6H,4,7-11H2,1H3. The number of para-hydroxylation sites is 1. The first-order valence-electron chi connectivity index (χ1n) is 6.27. The first-order chi connectivity index (χ1) is 8.81. The number of methoxy groups -OCH3 is 1. The Hall–Kier alpha value is -1.39. The molecule has 0 spiro atoms. The van der Waals surface area contributed by atoms with Crippen LogP contribution >= 0.6 is 0 Å². The van der Waals surface area contributed by atoms with Crippen LogP contribution in [0.3, 0.4) is 0 Å². The van der Waals surface area contributed by atoms with Gasteiger partial charge in [0.1, 0.15) is 5.75 Å². The van der Waals surface area contributed by atoms with E-state index in [1.54, 1.807) is 7.11 Å². The van der Waals surface area contributed by atoms with Gasteiger partial charge in [0.15, 0.2) is 5.78 Å². The molecule has 0 amide bonds. The average Bonchev–Trinajstić information content (AvgIpc) is 2.67. The van der Waals surface area contributed by atoms with Crippen molar-refractivity contribution in [3.05, 3.63) is 29.8 Å². The van der Waals surface area contributed by atoms with Crippen molar-refractivity contribution in [1.29, 1.82) is 0 Å². The monoisotopic (exact) mass is 249 g/mol. The van der Waals surface area contributed by atoms with Crippen molar-refractivity contribution in [2.45, 2.75) is 6.42 Å². The Bertz CT molecular complexity index is 398. The number of ether oxygens (including phenoxy) is 2. The summed E-state index contributed by atoms with van der Waals surface area (Å²) < 4.78 is 10.6. The second-order valence-electron chi connectivity index (χ2n) is 4.37. The van der Waals surface area contributed by atoms with Gasteiger partial charge in [-0.1, -0.05) is 12.1 Å². The molecule has 1 aromatic rings. The number of Topliss-reactive ketones (excluding diaryl/α,β-unsaturated/α-hetero) is 1. The molecule has 0 unspecified atom stereocenters. The Morgan fingerprint density at radius 1 is 1.33 bits per heavy atom. The summed E-state index contributed by atoms with van der Waals surface area (Å²) in [5.74, 6) is 0.753. The molecule has 98 valence electrons. The van der Waals surface area contributed by atoms with Crippen molar-refractivity contribution < 1.29 is 14.3 Å². The number of hydrogen-bond donors (Lipinski definition) is 0. The summed E-state index contributed by atoms with van der Waals surface area (Å²) in [5.41, 5.74) is 0.658. The lowest BCUT2D eigenvalue weighted by Gasteiger charge is -2.18. The van der Waals surface area contributed by atoms with Gasteiger partial charge in [0.25, 0.3) is 0 Å². The van der Waals surface area contributed by atoms with E-state index in [4.69, 9.17) is 9.47 Å². The first-order valence-corrected chi connectivity index (χ1v) is 6.27. The van der Waals surface area contributed by atoms with E-state index in [0.29, 0.717) is 24.5 Å². The first kappa shape index (κ1) is 13.1. The molecule has 1 aliphatic heterocycles. The van der Waals surface area contributed by atoms with E-state index in [1.165, 1.54) is 0 Å². The fourth-order valence-electron chi connectivity index (χ4n) is 2.12. The quantitative estimate of drug-likeness (QED) is 0.760. The van der Waals surface area contributed by atoms with Crippen LogP contribution in [-0.2, 0) is 4.74 Å². The van der Waals surface area contributed by atoms with Crippen LogP contribution in [0, 0.1) is 0 Å². The summed E-state index contributed by atoms with van der Waals surface area (Å²) in [4.78, 5) is 14.4. The van der Waals surface area contributed by atoms with Gasteiger partial charge in [0.05, 0.1) is 25.8 Å². The summed E-state index contributed by atoms with van der Waals surface area (Å²) in [6.45, 7) is 3.67. The molecule has 2 rings (SSSR count). The highest BCUT2D eigenvalue weighted by Crippen LogP contribution is 2.18. The van der Waals surface area contributed by atoms with Crippen molar-refractivity contribution in [2.75, 3.05) is 40.0 Å². The van der Waals surface area contributed by atoms with Gasteiger partial charge in [0, 0.05) is 19.7 Å². The zero-order valence-corrected chi connectivity index (χ0v) is 10.7. The summed E-state index contributed by atoms with van der Waals surface area (Å²) in [5, 5.41) is 0. The normalized spacial score (nSPS) is 17.2. The molecular formula is C14H19NO3. The number of carbonyl (C=O) groups excluding carboxylic acids is 1. The highest BCUT2D eigenvalue weighted by molar-refractivity contribution is 6.00. The molecule has 18 heavy (non-hydrogen) atoms. The third kappa shape index (κ3) is 3.31. The molecule has 0 N–H and O–H groups in total. The Morgan fingerprint density at radius 3 is 3.00 bits per heavy atom. The third-order valence-corrected chi connectivity index (χ3v) is 3.09. The maximum Gasteiger partial charge on any atom is 0.180 e. The number of rotatable bonds is 4. The molecular weight excluding hydrogens is 230 g/mol. The summed E-state index contributed by atoms with van der Waals surface area (Å²) in [6, 6.07) is 7.37. The van der Waals surface area contributed by atoms with Gasteiger partial charge < -0.3 is 9.47 Å².